The molecule has 2 unspecified atom stereocenters. The van der Waals surface area contributed by atoms with Gasteiger partial charge in [-0.2, -0.15) is 0 Å². The van der Waals surface area contributed by atoms with E-state index in [0.29, 0.717) is 0 Å². The Hall–Kier alpha value is -2.18. The predicted octanol–water partition coefficient (Wildman–Crippen LogP) is 1.71. The van der Waals surface area contributed by atoms with Gasteiger partial charge in [0.1, 0.15) is 11.8 Å². The summed E-state index contributed by atoms with van der Waals surface area (Å²) < 4.78 is 31.0. The zero-order valence-electron chi connectivity index (χ0n) is 11.3. The Morgan fingerprint density at radius 1 is 1.33 bits per heavy atom. The molecule has 2 rings (SSSR count). The maximum atomic E-state index is 13.0. The highest BCUT2D eigenvalue weighted by Gasteiger charge is 2.38. The first-order chi connectivity index (χ1) is 9.88. The summed E-state index contributed by atoms with van der Waals surface area (Å²) in [5, 5.41) is 11.4. The third-order valence-corrected chi connectivity index (χ3v) is 3.23. The molecule has 1 fully saturated rings. The summed E-state index contributed by atoms with van der Waals surface area (Å²) in [4.78, 5) is 22.9. The van der Waals surface area contributed by atoms with Crippen LogP contribution in [0.3, 0.4) is 0 Å². The van der Waals surface area contributed by atoms with Gasteiger partial charge in [0, 0.05) is 6.07 Å². The fourth-order valence-electron chi connectivity index (χ4n) is 1.89. The molecular formula is C14H15F2NO4. The van der Waals surface area contributed by atoms with Crippen LogP contribution in [0.1, 0.15) is 19.8 Å². The van der Waals surface area contributed by atoms with Gasteiger partial charge in [-0.25, -0.2) is 13.6 Å². The molecule has 1 amide bonds. The zero-order valence-corrected chi connectivity index (χ0v) is 11.3. The molecule has 2 atom stereocenters. The normalized spacial score (nSPS) is 16.9. The van der Waals surface area contributed by atoms with Gasteiger partial charge in [0.15, 0.2) is 17.7 Å². The average Bonchev–Trinajstić information content (AvgIpc) is 3.23. The van der Waals surface area contributed by atoms with Crippen molar-refractivity contribution in [3.63, 3.8) is 0 Å². The van der Waals surface area contributed by atoms with Crippen molar-refractivity contribution in [3.8, 4) is 5.75 Å². The lowest BCUT2D eigenvalue weighted by molar-refractivity contribution is -0.143. The summed E-state index contributed by atoms with van der Waals surface area (Å²) in [5.74, 6) is -3.86. The van der Waals surface area contributed by atoms with E-state index in [1.807, 2.05) is 0 Å². The summed E-state index contributed by atoms with van der Waals surface area (Å²) in [6.45, 7) is 1.41. The van der Waals surface area contributed by atoms with Crippen molar-refractivity contribution >= 4 is 11.9 Å². The first-order valence-electron chi connectivity index (χ1n) is 6.53. The van der Waals surface area contributed by atoms with Crippen LogP contribution in [0, 0.1) is 17.6 Å². The number of ether oxygens (including phenoxy) is 1. The molecule has 0 heterocycles. The number of carboxylic acid groups (broad SMARTS) is 1. The maximum absolute atomic E-state index is 13.0. The number of hydrogen-bond acceptors (Lipinski definition) is 3. The van der Waals surface area contributed by atoms with Crippen LogP contribution < -0.4 is 10.1 Å². The molecule has 2 N–H and O–H groups in total. The number of carbonyl (C=O) groups is 2. The van der Waals surface area contributed by atoms with Crippen LogP contribution in [0.5, 0.6) is 5.75 Å². The first kappa shape index (κ1) is 15.2. The molecule has 1 aliphatic rings. The van der Waals surface area contributed by atoms with Crippen LogP contribution in [0.2, 0.25) is 0 Å². The van der Waals surface area contributed by atoms with E-state index in [1.165, 1.54) is 13.0 Å². The second kappa shape index (κ2) is 6.07. The van der Waals surface area contributed by atoms with Crippen LogP contribution in [0.15, 0.2) is 18.2 Å². The Balaban J connectivity index is 1.95. The fraction of sp³-hybridized carbons (Fsp3) is 0.429. The van der Waals surface area contributed by atoms with Crippen molar-refractivity contribution in [2.75, 3.05) is 0 Å². The standard InChI is InChI=1S/C14H15F2NO4/c1-7(21-9-4-5-10(15)11(16)6-9)13(18)17-12(14(19)20)8-2-3-8/h4-8,12H,2-3H2,1H3,(H,17,18)(H,19,20). The molecule has 5 nitrogen and oxygen atoms in total. The van der Waals surface area contributed by atoms with Gasteiger partial charge in [0.25, 0.3) is 5.91 Å². The minimum atomic E-state index is -1.09. The van der Waals surface area contributed by atoms with Crippen molar-refractivity contribution < 1.29 is 28.2 Å². The van der Waals surface area contributed by atoms with Gasteiger partial charge in [0.05, 0.1) is 0 Å². The molecule has 0 radical (unpaired) electrons. The predicted molar refractivity (Wildman–Crippen MR) is 68.7 cm³/mol. The van der Waals surface area contributed by atoms with Gasteiger partial charge < -0.3 is 15.2 Å². The van der Waals surface area contributed by atoms with E-state index in [2.05, 4.69) is 5.32 Å². The van der Waals surface area contributed by atoms with Crippen molar-refractivity contribution in [2.24, 2.45) is 5.92 Å². The minimum absolute atomic E-state index is 0.00477. The Morgan fingerprint density at radius 3 is 2.52 bits per heavy atom. The third kappa shape index (κ3) is 3.90. The fourth-order valence-corrected chi connectivity index (χ4v) is 1.89. The van der Waals surface area contributed by atoms with Gasteiger partial charge in [0.2, 0.25) is 0 Å². The quantitative estimate of drug-likeness (QED) is 0.838. The number of nitrogens with one attached hydrogen (secondary N) is 1. The minimum Gasteiger partial charge on any atom is -0.481 e. The number of carbonyl (C=O) groups excluding carboxylic acids is 1. The molecule has 1 saturated carbocycles. The second-order valence-electron chi connectivity index (χ2n) is 5.00. The van der Waals surface area contributed by atoms with Crippen LogP contribution in [0.4, 0.5) is 8.78 Å². The van der Waals surface area contributed by atoms with Crippen LogP contribution in [-0.4, -0.2) is 29.1 Å². The smallest absolute Gasteiger partial charge is 0.326 e. The average molecular weight is 299 g/mol. The number of aliphatic carboxylic acids is 1. The topological polar surface area (TPSA) is 75.6 Å². The second-order valence-corrected chi connectivity index (χ2v) is 5.00. The molecule has 1 aromatic carbocycles. The Bertz CT molecular complexity index is 560. The summed E-state index contributed by atoms with van der Waals surface area (Å²) >= 11 is 0. The molecular weight excluding hydrogens is 284 g/mol. The molecule has 0 aliphatic heterocycles. The van der Waals surface area contributed by atoms with Gasteiger partial charge in [-0.3, -0.25) is 4.79 Å². The van der Waals surface area contributed by atoms with Gasteiger partial charge >= 0.3 is 5.97 Å². The van der Waals surface area contributed by atoms with Crippen molar-refractivity contribution in [3.05, 3.63) is 29.8 Å². The van der Waals surface area contributed by atoms with Crippen molar-refractivity contribution in [1.82, 2.24) is 5.32 Å². The summed E-state index contributed by atoms with van der Waals surface area (Å²) in [5.41, 5.74) is 0. The van der Waals surface area contributed by atoms with E-state index >= 15 is 0 Å². The lowest BCUT2D eigenvalue weighted by Crippen LogP contribution is -2.47. The SMILES string of the molecule is CC(Oc1ccc(F)c(F)c1)C(=O)NC(C(=O)O)C1CC1. The van der Waals surface area contributed by atoms with E-state index in [9.17, 15) is 18.4 Å². The molecule has 0 aromatic heterocycles. The number of amides is 1. The highest BCUT2D eigenvalue weighted by molar-refractivity contribution is 5.86. The molecule has 21 heavy (non-hydrogen) atoms. The highest BCUT2D eigenvalue weighted by Crippen LogP contribution is 2.32. The molecule has 1 aromatic rings. The van der Waals surface area contributed by atoms with Gasteiger partial charge in [-0.05, 0) is 37.8 Å². The number of carboxylic acids is 1. The molecule has 0 saturated heterocycles. The van der Waals surface area contributed by atoms with E-state index in [4.69, 9.17) is 9.84 Å². The van der Waals surface area contributed by atoms with Crippen LogP contribution in [0.25, 0.3) is 0 Å². The number of hydrogen-bond donors (Lipinski definition) is 2. The molecule has 1 aliphatic carbocycles. The number of halogens is 2. The van der Waals surface area contributed by atoms with E-state index in [0.717, 1.165) is 25.0 Å². The van der Waals surface area contributed by atoms with E-state index in [1.54, 1.807) is 0 Å². The number of benzene rings is 1. The van der Waals surface area contributed by atoms with Gasteiger partial charge in [-0.15, -0.1) is 0 Å². The lowest BCUT2D eigenvalue weighted by Gasteiger charge is -2.18. The zero-order chi connectivity index (χ0) is 15.6. The maximum Gasteiger partial charge on any atom is 0.326 e. The van der Waals surface area contributed by atoms with E-state index < -0.39 is 35.7 Å². The first-order valence-corrected chi connectivity index (χ1v) is 6.53. The summed E-state index contributed by atoms with van der Waals surface area (Å²) in [6, 6.07) is 1.97. The molecule has 0 spiro atoms. The molecule has 114 valence electrons. The Labute approximate surface area is 119 Å². The lowest BCUT2D eigenvalue weighted by atomic mass is 10.2. The van der Waals surface area contributed by atoms with Crippen LogP contribution >= 0.6 is 0 Å². The largest absolute Gasteiger partial charge is 0.481 e. The number of rotatable bonds is 6. The van der Waals surface area contributed by atoms with Crippen molar-refractivity contribution in [1.29, 1.82) is 0 Å². The van der Waals surface area contributed by atoms with E-state index in [-0.39, 0.29) is 11.7 Å². The molecule has 0 bridgehead atoms. The van der Waals surface area contributed by atoms with Gasteiger partial charge in [-0.1, -0.05) is 0 Å². The summed E-state index contributed by atoms with van der Waals surface area (Å²) in [7, 11) is 0. The molecule has 7 heteroatoms. The Kier molecular flexibility index (Phi) is 4.40. The third-order valence-electron chi connectivity index (χ3n) is 3.23. The monoisotopic (exact) mass is 299 g/mol. The summed E-state index contributed by atoms with van der Waals surface area (Å²) in [6.07, 6.45) is 0.501. The van der Waals surface area contributed by atoms with Crippen LogP contribution in [-0.2, 0) is 9.59 Å². The van der Waals surface area contributed by atoms with Crippen molar-refractivity contribution in [2.45, 2.75) is 31.9 Å². The Morgan fingerprint density at radius 2 is 2.00 bits per heavy atom. The highest BCUT2D eigenvalue weighted by atomic mass is 19.2.